The van der Waals surface area contributed by atoms with Crippen LogP contribution in [0.25, 0.3) is 0 Å². The highest BCUT2D eigenvalue weighted by atomic mass is 16.5. The molecule has 0 saturated carbocycles. The zero-order chi connectivity index (χ0) is 24.6. The van der Waals surface area contributed by atoms with E-state index in [-0.39, 0.29) is 18.3 Å². The zero-order valence-corrected chi connectivity index (χ0v) is 20.0. The van der Waals surface area contributed by atoms with Gasteiger partial charge in [0, 0.05) is 11.6 Å². The van der Waals surface area contributed by atoms with Crippen LogP contribution in [0.15, 0.2) is 48.5 Å². The van der Waals surface area contributed by atoms with Gasteiger partial charge in [0.2, 0.25) is 11.8 Å². The molecule has 2 saturated heterocycles. The summed E-state index contributed by atoms with van der Waals surface area (Å²) in [6.45, 7) is 7.22. The number of rotatable bonds is 7. The van der Waals surface area contributed by atoms with Gasteiger partial charge in [0.15, 0.2) is 5.78 Å². The molecule has 4 unspecified atom stereocenters. The standard InChI is InChI=1S/C27H30N2O5/c1-5-14-27(26(33)34-6-2)22-21(23(28-27)20-13-8-7-10-16(20)3)24(31)29(25(22)32)19-12-9-11-18(15-19)17(4)30/h7-13,15,21-23,28H,5-6,14H2,1-4H3. The van der Waals surface area contributed by atoms with Gasteiger partial charge >= 0.3 is 5.97 Å². The molecule has 2 aromatic carbocycles. The second kappa shape index (κ2) is 9.14. The monoisotopic (exact) mass is 462 g/mol. The average Bonchev–Trinajstić information content (AvgIpc) is 3.29. The van der Waals surface area contributed by atoms with Crippen molar-refractivity contribution >= 4 is 29.3 Å². The van der Waals surface area contributed by atoms with Crippen LogP contribution in [0.4, 0.5) is 5.69 Å². The van der Waals surface area contributed by atoms with Crippen LogP contribution in [0.3, 0.4) is 0 Å². The van der Waals surface area contributed by atoms with Gasteiger partial charge in [0.05, 0.1) is 24.1 Å². The molecule has 0 aromatic heterocycles. The van der Waals surface area contributed by atoms with E-state index in [1.54, 1.807) is 31.2 Å². The van der Waals surface area contributed by atoms with Crippen LogP contribution in [0.1, 0.15) is 61.1 Å². The summed E-state index contributed by atoms with van der Waals surface area (Å²) < 4.78 is 5.45. The molecule has 2 amide bonds. The number of hydrogen-bond donors (Lipinski definition) is 1. The fourth-order valence-electron chi connectivity index (χ4n) is 5.50. The van der Waals surface area contributed by atoms with Crippen LogP contribution in [0, 0.1) is 18.8 Å². The van der Waals surface area contributed by atoms with E-state index >= 15 is 0 Å². The maximum atomic E-state index is 13.9. The fraction of sp³-hybridized carbons (Fsp3) is 0.407. The summed E-state index contributed by atoms with van der Waals surface area (Å²) in [6.07, 6.45) is 0.979. The molecule has 7 nitrogen and oxygen atoms in total. The Bertz CT molecular complexity index is 1160. The first-order chi connectivity index (χ1) is 16.3. The Kier molecular flexibility index (Phi) is 6.41. The summed E-state index contributed by atoms with van der Waals surface area (Å²) in [4.78, 5) is 54.3. The van der Waals surface area contributed by atoms with Crippen molar-refractivity contribution < 1.29 is 23.9 Å². The van der Waals surface area contributed by atoms with Crippen molar-refractivity contribution in [3.63, 3.8) is 0 Å². The Hall–Kier alpha value is -3.32. The molecule has 7 heteroatoms. The van der Waals surface area contributed by atoms with Gasteiger partial charge in [-0.2, -0.15) is 0 Å². The third-order valence-electron chi connectivity index (χ3n) is 6.97. The summed E-state index contributed by atoms with van der Waals surface area (Å²) in [5, 5.41) is 3.41. The van der Waals surface area contributed by atoms with E-state index in [0.29, 0.717) is 24.1 Å². The Labute approximate surface area is 199 Å². The SMILES string of the molecule is CCCC1(C(=O)OCC)NC(c2ccccc2C)C2C(=O)N(c3cccc(C(C)=O)c3)C(=O)C21. The molecular formula is C27H30N2O5. The Morgan fingerprint density at radius 2 is 1.79 bits per heavy atom. The number of Topliss-reactive ketones (excluding diaryl/α,β-unsaturated/α-hetero) is 1. The smallest absolute Gasteiger partial charge is 0.327 e. The average molecular weight is 463 g/mol. The number of benzene rings is 2. The molecule has 0 radical (unpaired) electrons. The fourth-order valence-corrected chi connectivity index (χ4v) is 5.50. The van der Waals surface area contributed by atoms with E-state index in [2.05, 4.69) is 5.32 Å². The van der Waals surface area contributed by atoms with Crippen molar-refractivity contribution in [2.24, 2.45) is 11.8 Å². The molecule has 0 spiro atoms. The molecule has 2 heterocycles. The number of anilines is 1. The number of hydrogen-bond acceptors (Lipinski definition) is 6. The molecule has 4 rings (SSSR count). The lowest BCUT2D eigenvalue weighted by Crippen LogP contribution is -2.56. The predicted octanol–water partition coefficient (Wildman–Crippen LogP) is 3.75. The Morgan fingerprint density at radius 3 is 2.44 bits per heavy atom. The van der Waals surface area contributed by atoms with E-state index in [1.165, 1.54) is 6.92 Å². The molecule has 0 bridgehead atoms. The number of esters is 1. The molecule has 0 aliphatic carbocycles. The lowest BCUT2D eigenvalue weighted by molar-refractivity contribution is -0.155. The molecule has 1 N–H and O–H groups in total. The highest BCUT2D eigenvalue weighted by molar-refractivity contribution is 6.24. The number of amides is 2. The molecule has 2 aromatic rings. The number of aryl methyl sites for hydroxylation is 1. The van der Waals surface area contributed by atoms with E-state index in [4.69, 9.17) is 4.74 Å². The molecule has 178 valence electrons. The lowest BCUT2D eigenvalue weighted by Gasteiger charge is -2.33. The second-order valence-corrected chi connectivity index (χ2v) is 9.04. The maximum Gasteiger partial charge on any atom is 0.327 e. The van der Waals surface area contributed by atoms with Gasteiger partial charge in [-0.05, 0) is 50.5 Å². The van der Waals surface area contributed by atoms with Gasteiger partial charge in [0.25, 0.3) is 0 Å². The highest BCUT2D eigenvalue weighted by Crippen LogP contribution is 2.52. The van der Waals surface area contributed by atoms with Crippen molar-refractivity contribution in [2.45, 2.75) is 52.1 Å². The summed E-state index contributed by atoms with van der Waals surface area (Å²) in [5.74, 6) is -3.18. The van der Waals surface area contributed by atoms with E-state index in [1.807, 2.05) is 38.1 Å². The van der Waals surface area contributed by atoms with E-state index in [9.17, 15) is 19.2 Å². The number of ether oxygens (including phenoxy) is 1. The zero-order valence-electron chi connectivity index (χ0n) is 20.0. The first kappa shape index (κ1) is 23.8. The third-order valence-corrected chi connectivity index (χ3v) is 6.97. The Morgan fingerprint density at radius 1 is 1.06 bits per heavy atom. The molecule has 2 aliphatic heterocycles. The molecular weight excluding hydrogens is 432 g/mol. The van der Waals surface area contributed by atoms with Crippen molar-refractivity contribution in [3.05, 3.63) is 65.2 Å². The van der Waals surface area contributed by atoms with Crippen molar-refractivity contribution in [1.29, 1.82) is 0 Å². The highest BCUT2D eigenvalue weighted by Gasteiger charge is 2.68. The summed E-state index contributed by atoms with van der Waals surface area (Å²) in [7, 11) is 0. The normalized spacial score (nSPS) is 26.0. The minimum atomic E-state index is -1.32. The molecule has 34 heavy (non-hydrogen) atoms. The van der Waals surface area contributed by atoms with E-state index < -0.39 is 35.3 Å². The maximum absolute atomic E-state index is 13.9. The van der Waals surface area contributed by atoms with Gasteiger partial charge in [-0.3, -0.25) is 24.5 Å². The van der Waals surface area contributed by atoms with Crippen molar-refractivity contribution in [1.82, 2.24) is 5.32 Å². The summed E-state index contributed by atoms with van der Waals surface area (Å²) in [5.41, 5.74) is 1.28. The topological polar surface area (TPSA) is 92.8 Å². The van der Waals surface area contributed by atoms with Crippen molar-refractivity contribution in [2.75, 3.05) is 11.5 Å². The van der Waals surface area contributed by atoms with Crippen LogP contribution in [-0.2, 0) is 19.1 Å². The van der Waals surface area contributed by atoms with Crippen LogP contribution in [0.5, 0.6) is 0 Å². The minimum Gasteiger partial charge on any atom is -0.465 e. The molecule has 4 atom stereocenters. The second-order valence-electron chi connectivity index (χ2n) is 9.04. The van der Waals surface area contributed by atoms with Gasteiger partial charge in [-0.1, -0.05) is 49.7 Å². The lowest BCUT2D eigenvalue weighted by atomic mass is 9.76. The van der Waals surface area contributed by atoms with Gasteiger partial charge in [-0.25, -0.2) is 4.90 Å². The summed E-state index contributed by atoms with van der Waals surface area (Å²) in [6, 6.07) is 13.7. The van der Waals surface area contributed by atoms with Crippen LogP contribution in [-0.4, -0.2) is 35.7 Å². The largest absolute Gasteiger partial charge is 0.465 e. The molecule has 2 fully saturated rings. The van der Waals surface area contributed by atoms with Crippen molar-refractivity contribution in [3.8, 4) is 0 Å². The van der Waals surface area contributed by atoms with Gasteiger partial charge in [0.1, 0.15) is 5.54 Å². The first-order valence-electron chi connectivity index (χ1n) is 11.8. The van der Waals surface area contributed by atoms with Crippen LogP contribution in [0.2, 0.25) is 0 Å². The Balaban J connectivity index is 1.88. The van der Waals surface area contributed by atoms with Gasteiger partial charge < -0.3 is 4.74 Å². The number of fused-ring (bicyclic) bond motifs is 1. The summed E-state index contributed by atoms with van der Waals surface area (Å²) >= 11 is 0. The minimum absolute atomic E-state index is 0.160. The van der Waals surface area contributed by atoms with Crippen LogP contribution >= 0.6 is 0 Å². The first-order valence-corrected chi connectivity index (χ1v) is 11.8. The number of carbonyl (C=O) groups excluding carboxylic acids is 4. The number of imide groups is 1. The van der Waals surface area contributed by atoms with Gasteiger partial charge in [-0.15, -0.1) is 0 Å². The number of nitrogens with one attached hydrogen (secondary N) is 1. The number of nitrogens with zero attached hydrogens (tertiary/aromatic N) is 1. The van der Waals surface area contributed by atoms with Crippen LogP contribution < -0.4 is 10.2 Å². The number of ketones is 1. The predicted molar refractivity (Wildman–Crippen MR) is 127 cm³/mol. The quantitative estimate of drug-likeness (QED) is 0.383. The van der Waals surface area contributed by atoms with E-state index in [0.717, 1.165) is 16.0 Å². The number of carbonyl (C=O) groups is 4. The molecule has 2 aliphatic rings. The third kappa shape index (κ3) is 3.64.